The third-order valence-corrected chi connectivity index (χ3v) is 2.97. The first-order chi connectivity index (χ1) is 8.51. The monoisotopic (exact) mass is 283 g/mol. The zero-order valence-corrected chi connectivity index (χ0v) is 12.7. The molecule has 0 bridgehead atoms. The highest BCUT2D eigenvalue weighted by molar-refractivity contribution is 4.74. The molecule has 0 spiro atoms. The van der Waals surface area contributed by atoms with Crippen molar-refractivity contribution in [2.45, 2.75) is 59.2 Å². The molecule has 0 heterocycles. The van der Waals surface area contributed by atoms with Crippen molar-refractivity contribution in [3.8, 4) is 0 Å². The maximum Gasteiger partial charge on any atom is 0.411 e. The zero-order valence-electron chi connectivity index (χ0n) is 12.7. The van der Waals surface area contributed by atoms with Crippen LogP contribution in [0.4, 0.5) is 13.2 Å². The number of rotatable bonds is 8. The molecular weight excluding hydrogens is 255 g/mol. The maximum atomic E-state index is 11.9. The van der Waals surface area contributed by atoms with Crippen LogP contribution in [0.25, 0.3) is 0 Å². The van der Waals surface area contributed by atoms with Crippen LogP contribution < -0.4 is 5.32 Å². The predicted molar refractivity (Wildman–Crippen MR) is 72.2 cm³/mol. The van der Waals surface area contributed by atoms with E-state index in [2.05, 4.69) is 44.7 Å². The van der Waals surface area contributed by atoms with E-state index >= 15 is 0 Å². The summed E-state index contributed by atoms with van der Waals surface area (Å²) in [5.74, 6) is 0.978. The van der Waals surface area contributed by atoms with Gasteiger partial charge >= 0.3 is 6.18 Å². The van der Waals surface area contributed by atoms with Crippen LogP contribution in [0.15, 0.2) is 0 Å². The smallest absolute Gasteiger partial charge is 0.372 e. The summed E-state index contributed by atoms with van der Waals surface area (Å²) in [4.78, 5) is 0. The van der Waals surface area contributed by atoms with Gasteiger partial charge in [0.2, 0.25) is 0 Å². The maximum absolute atomic E-state index is 11.9. The van der Waals surface area contributed by atoms with Crippen LogP contribution in [0.2, 0.25) is 0 Å². The Morgan fingerprint density at radius 2 is 1.68 bits per heavy atom. The SMILES string of the molecule is CC(C)C(CCCOCC(F)(F)F)CNC(C)(C)C. The quantitative estimate of drug-likeness (QED) is 0.680. The second-order valence-electron chi connectivity index (χ2n) is 6.44. The Balaban J connectivity index is 3.84. The molecule has 0 saturated heterocycles. The molecule has 0 aliphatic heterocycles. The fourth-order valence-electron chi connectivity index (χ4n) is 1.74. The third-order valence-electron chi connectivity index (χ3n) is 2.97. The highest BCUT2D eigenvalue weighted by Crippen LogP contribution is 2.19. The van der Waals surface area contributed by atoms with Gasteiger partial charge in [0.05, 0.1) is 0 Å². The molecule has 0 aromatic heterocycles. The van der Waals surface area contributed by atoms with E-state index < -0.39 is 12.8 Å². The van der Waals surface area contributed by atoms with Gasteiger partial charge in [0.1, 0.15) is 6.61 Å². The van der Waals surface area contributed by atoms with Gasteiger partial charge in [-0.1, -0.05) is 13.8 Å². The summed E-state index contributed by atoms with van der Waals surface area (Å²) in [5, 5.41) is 3.45. The number of halogens is 3. The number of alkyl halides is 3. The van der Waals surface area contributed by atoms with E-state index in [4.69, 9.17) is 0 Å². The molecule has 19 heavy (non-hydrogen) atoms. The normalized spacial score (nSPS) is 15.0. The lowest BCUT2D eigenvalue weighted by Gasteiger charge is -2.27. The van der Waals surface area contributed by atoms with Gasteiger partial charge < -0.3 is 10.1 Å². The van der Waals surface area contributed by atoms with Gasteiger partial charge in [-0.25, -0.2) is 0 Å². The second kappa shape index (κ2) is 8.10. The minimum absolute atomic E-state index is 0.0694. The molecule has 0 saturated carbocycles. The van der Waals surface area contributed by atoms with Crippen molar-refractivity contribution >= 4 is 0 Å². The first-order valence-electron chi connectivity index (χ1n) is 6.91. The van der Waals surface area contributed by atoms with Crippen LogP contribution in [0.5, 0.6) is 0 Å². The van der Waals surface area contributed by atoms with Crippen molar-refractivity contribution in [2.75, 3.05) is 19.8 Å². The number of hydrogen-bond acceptors (Lipinski definition) is 2. The summed E-state index contributed by atoms with van der Waals surface area (Å²) >= 11 is 0. The minimum atomic E-state index is -4.22. The highest BCUT2D eigenvalue weighted by atomic mass is 19.4. The van der Waals surface area contributed by atoms with Gasteiger partial charge in [0.25, 0.3) is 0 Å². The first kappa shape index (κ1) is 18.7. The molecule has 5 heteroatoms. The van der Waals surface area contributed by atoms with E-state index in [1.807, 2.05) is 0 Å². The Hall–Kier alpha value is -0.290. The molecule has 0 aromatic rings. The lowest BCUT2D eigenvalue weighted by atomic mass is 9.90. The fraction of sp³-hybridized carbons (Fsp3) is 1.00. The molecule has 0 aliphatic carbocycles. The fourth-order valence-corrected chi connectivity index (χ4v) is 1.74. The van der Waals surface area contributed by atoms with Gasteiger partial charge in [-0.05, 0) is 52.0 Å². The molecule has 0 aromatic carbocycles. The van der Waals surface area contributed by atoms with E-state index in [0.717, 1.165) is 13.0 Å². The Morgan fingerprint density at radius 1 is 1.11 bits per heavy atom. The van der Waals surface area contributed by atoms with E-state index in [0.29, 0.717) is 18.3 Å². The Morgan fingerprint density at radius 3 is 2.11 bits per heavy atom. The largest absolute Gasteiger partial charge is 0.411 e. The Kier molecular flexibility index (Phi) is 7.98. The highest BCUT2D eigenvalue weighted by Gasteiger charge is 2.27. The molecule has 2 nitrogen and oxygen atoms in total. The summed E-state index contributed by atoms with van der Waals surface area (Å²) < 4.78 is 40.3. The molecule has 0 radical (unpaired) electrons. The van der Waals surface area contributed by atoms with Crippen molar-refractivity contribution in [3.05, 3.63) is 0 Å². The van der Waals surface area contributed by atoms with Crippen LogP contribution >= 0.6 is 0 Å². The number of hydrogen-bond donors (Lipinski definition) is 1. The zero-order chi connectivity index (χ0) is 15.1. The summed E-state index contributed by atoms with van der Waals surface area (Å²) in [6, 6.07) is 0. The second-order valence-corrected chi connectivity index (χ2v) is 6.44. The number of nitrogens with one attached hydrogen (secondary N) is 1. The third kappa shape index (κ3) is 12.5. The van der Waals surface area contributed by atoms with E-state index in [-0.39, 0.29) is 12.1 Å². The van der Waals surface area contributed by atoms with Gasteiger partial charge in [-0.15, -0.1) is 0 Å². The average molecular weight is 283 g/mol. The summed E-state index contributed by atoms with van der Waals surface area (Å²) in [6.07, 6.45) is -2.66. The lowest BCUT2D eigenvalue weighted by Crippen LogP contribution is -2.40. The molecule has 1 unspecified atom stereocenters. The van der Waals surface area contributed by atoms with Gasteiger partial charge in [-0.2, -0.15) is 13.2 Å². The summed E-state index contributed by atoms with van der Waals surface area (Å²) in [7, 11) is 0. The molecule has 0 aliphatic rings. The lowest BCUT2D eigenvalue weighted by molar-refractivity contribution is -0.174. The van der Waals surface area contributed by atoms with Crippen molar-refractivity contribution in [1.82, 2.24) is 5.32 Å². The number of ether oxygens (including phenoxy) is 1. The topological polar surface area (TPSA) is 21.3 Å². The van der Waals surface area contributed by atoms with E-state index in [1.165, 1.54) is 0 Å². The van der Waals surface area contributed by atoms with Gasteiger partial charge in [0, 0.05) is 12.1 Å². The van der Waals surface area contributed by atoms with E-state index in [9.17, 15) is 13.2 Å². The summed E-state index contributed by atoms with van der Waals surface area (Å²) in [5.41, 5.74) is 0.0694. The van der Waals surface area contributed by atoms with Crippen LogP contribution in [0.1, 0.15) is 47.5 Å². The average Bonchev–Trinajstić information content (AvgIpc) is 2.18. The molecular formula is C14H28F3NO. The Labute approximate surface area is 115 Å². The predicted octanol–water partition coefficient (Wildman–Crippen LogP) is 4.01. The van der Waals surface area contributed by atoms with Gasteiger partial charge in [0.15, 0.2) is 0 Å². The molecule has 116 valence electrons. The van der Waals surface area contributed by atoms with Crippen LogP contribution in [-0.4, -0.2) is 31.5 Å². The summed E-state index contributed by atoms with van der Waals surface area (Å²) in [6.45, 7) is 10.5. The van der Waals surface area contributed by atoms with Crippen LogP contribution in [-0.2, 0) is 4.74 Å². The van der Waals surface area contributed by atoms with Gasteiger partial charge in [-0.3, -0.25) is 0 Å². The van der Waals surface area contributed by atoms with Crippen molar-refractivity contribution in [3.63, 3.8) is 0 Å². The molecule has 0 fully saturated rings. The van der Waals surface area contributed by atoms with Crippen LogP contribution in [0, 0.1) is 11.8 Å². The first-order valence-corrected chi connectivity index (χ1v) is 6.91. The van der Waals surface area contributed by atoms with Crippen molar-refractivity contribution in [2.24, 2.45) is 11.8 Å². The molecule has 0 rings (SSSR count). The van der Waals surface area contributed by atoms with Crippen molar-refractivity contribution < 1.29 is 17.9 Å². The van der Waals surface area contributed by atoms with Crippen molar-refractivity contribution in [1.29, 1.82) is 0 Å². The molecule has 1 N–H and O–H groups in total. The van der Waals surface area contributed by atoms with E-state index in [1.54, 1.807) is 0 Å². The molecule has 1 atom stereocenters. The minimum Gasteiger partial charge on any atom is -0.372 e. The molecule has 0 amide bonds. The van der Waals surface area contributed by atoms with Crippen LogP contribution in [0.3, 0.4) is 0 Å². The standard InChI is InChI=1S/C14H28F3NO/c1-11(2)12(9-18-13(3,4)5)7-6-8-19-10-14(15,16)17/h11-12,18H,6-10H2,1-5H3. The Bertz CT molecular complexity index is 234.